The van der Waals surface area contributed by atoms with Crippen molar-refractivity contribution in [2.75, 3.05) is 6.54 Å². The highest BCUT2D eigenvalue weighted by Gasteiger charge is 2.10. The highest BCUT2D eigenvalue weighted by Crippen LogP contribution is 2.14. The van der Waals surface area contributed by atoms with Crippen molar-refractivity contribution in [3.8, 4) is 0 Å². The van der Waals surface area contributed by atoms with Crippen molar-refractivity contribution < 1.29 is 0 Å². The van der Waals surface area contributed by atoms with Gasteiger partial charge in [0.1, 0.15) is 5.82 Å². The van der Waals surface area contributed by atoms with Gasteiger partial charge < -0.3 is 10.3 Å². The van der Waals surface area contributed by atoms with Crippen molar-refractivity contribution >= 4 is 0 Å². The van der Waals surface area contributed by atoms with Crippen LogP contribution in [0.2, 0.25) is 0 Å². The minimum absolute atomic E-state index is 0.403. The van der Waals surface area contributed by atoms with Gasteiger partial charge in [0.2, 0.25) is 0 Å². The lowest BCUT2D eigenvalue weighted by atomic mass is 10.1. The Bertz CT molecular complexity index is 206. The smallest absolute Gasteiger partial charge is 0.123 e. The summed E-state index contributed by atoms with van der Waals surface area (Å²) in [6.07, 6.45) is 7.34. The average molecular weight is 181 g/mol. The molecule has 1 unspecified atom stereocenters. The zero-order valence-electron chi connectivity index (χ0n) is 8.51. The van der Waals surface area contributed by atoms with E-state index in [1.54, 1.807) is 0 Å². The summed E-state index contributed by atoms with van der Waals surface area (Å²) in [6.45, 7) is 5.34. The quantitative estimate of drug-likeness (QED) is 0.706. The Morgan fingerprint density at radius 1 is 1.54 bits per heavy atom. The maximum atomic E-state index is 4.27. The molecule has 0 fully saturated rings. The minimum Gasteiger partial charge on any atom is -0.347 e. The maximum Gasteiger partial charge on any atom is 0.123 e. The first kappa shape index (κ1) is 10.3. The molecule has 13 heavy (non-hydrogen) atoms. The molecule has 2 N–H and O–H groups in total. The van der Waals surface area contributed by atoms with Gasteiger partial charge in [-0.2, -0.15) is 0 Å². The Hall–Kier alpha value is -0.830. The summed E-state index contributed by atoms with van der Waals surface area (Å²) in [6, 6.07) is 0.403. The lowest BCUT2D eigenvalue weighted by Gasteiger charge is -2.14. The summed E-state index contributed by atoms with van der Waals surface area (Å²) in [5, 5.41) is 3.43. The van der Waals surface area contributed by atoms with Gasteiger partial charge in [0.15, 0.2) is 0 Å². The summed E-state index contributed by atoms with van der Waals surface area (Å²) in [5.74, 6) is 1.07. The second-order valence-electron chi connectivity index (χ2n) is 3.23. The number of imidazole rings is 1. The molecule has 0 saturated carbocycles. The number of rotatable bonds is 6. The van der Waals surface area contributed by atoms with Crippen LogP contribution in [0.15, 0.2) is 12.4 Å². The third-order valence-corrected chi connectivity index (χ3v) is 2.15. The topological polar surface area (TPSA) is 40.7 Å². The van der Waals surface area contributed by atoms with E-state index in [0.717, 1.165) is 18.8 Å². The number of unbranched alkanes of at least 4 members (excludes halogenated alkanes) is 1. The van der Waals surface area contributed by atoms with Gasteiger partial charge in [-0.1, -0.05) is 26.7 Å². The normalized spacial score (nSPS) is 13.1. The van der Waals surface area contributed by atoms with Crippen molar-refractivity contribution in [2.45, 2.75) is 39.2 Å². The van der Waals surface area contributed by atoms with E-state index >= 15 is 0 Å². The lowest BCUT2D eigenvalue weighted by Crippen LogP contribution is -2.21. The maximum absolute atomic E-state index is 4.27. The second kappa shape index (κ2) is 5.75. The Morgan fingerprint density at radius 3 is 2.92 bits per heavy atom. The van der Waals surface area contributed by atoms with E-state index < -0.39 is 0 Å². The van der Waals surface area contributed by atoms with Gasteiger partial charge >= 0.3 is 0 Å². The SMILES string of the molecule is CCCCC(NCC)c1ncc[nH]1. The van der Waals surface area contributed by atoms with E-state index in [4.69, 9.17) is 0 Å². The first-order valence-corrected chi connectivity index (χ1v) is 5.11. The van der Waals surface area contributed by atoms with Crippen LogP contribution in [0.4, 0.5) is 0 Å². The van der Waals surface area contributed by atoms with Gasteiger partial charge in [-0.25, -0.2) is 4.98 Å². The van der Waals surface area contributed by atoms with Crippen LogP contribution in [0, 0.1) is 0 Å². The first-order chi connectivity index (χ1) is 6.38. The van der Waals surface area contributed by atoms with Crippen LogP contribution in [0.1, 0.15) is 45.0 Å². The molecule has 1 atom stereocenters. The molecular weight excluding hydrogens is 162 g/mol. The predicted molar refractivity (Wildman–Crippen MR) is 54.5 cm³/mol. The average Bonchev–Trinajstić information content (AvgIpc) is 2.65. The van der Waals surface area contributed by atoms with E-state index in [-0.39, 0.29) is 0 Å². The molecule has 0 bridgehead atoms. The molecule has 1 heterocycles. The van der Waals surface area contributed by atoms with Crippen molar-refractivity contribution in [1.82, 2.24) is 15.3 Å². The van der Waals surface area contributed by atoms with Crippen molar-refractivity contribution in [3.63, 3.8) is 0 Å². The summed E-state index contributed by atoms with van der Waals surface area (Å²) in [5.41, 5.74) is 0. The Kier molecular flexibility index (Phi) is 4.54. The number of aromatic amines is 1. The fourth-order valence-corrected chi connectivity index (χ4v) is 1.46. The predicted octanol–water partition coefficient (Wildman–Crippen LogP) is 2.25. The third-order valence-electron chi connectivity index (χ3n) is 2.15. The van der Waals surface area contributed by atoms with Crippen LogP contribution >= 0.6 is 0 Å². The molecule has 0 spiro atoms. The van der Waals surface area contributed by atoms with Crippen LogP contribution in [0.5, 0.6) is 0 Å². The van der Waals surface area contributed by atoms with Gasteiger partial charge in [-0.05, 0) is 13.0 Å². The van der Waals surface area contributed by atoms with E-state index in [9.17, 15) is 0 Å². The van der Waals surface area contributed by atoms with E-state index in [1.807, 2.05) is 12.4 Å². The summed E-state index contributed by atoms with van der Waals surface area (Å²) < 4.78 is 0. The zero-order valence-corrected chi connectivity index (χ0v) is 8.51. The van der Waals surface area contributed by atoms with E-state index in [1.165, 1.54) is 12.8 Å². The third kappa shape index (κ3) is 3.19. The highest BCUT2D eigenvalue weighted by atomic mass is 15.0. The fraction of sp³-hybridized carbons (Fsp3) is 0.700. The molecule has 74 valence electrons. The number of hydrogen-bond donors (Lipinski definition) is 2. The van der Waals surface area contributed by atoms with Gasteiger partial charge in [0.05, 0.1) is 6.04 Å². The number of H-pyrrole nitrogens is 1. The number of hydrogen-bond acceptors (Lipinski definition) is 2. The van der Waals surface area contributed by atoms with Crippen LogP contribution in [0.3, 0.4) is 0 Å². The zero-order chi connectivity index (χ0) is 9.52. The van der Waals surface area contributed by atoms with Crippen molar-refractivity contribution in [1.29, 1.82) is 0 Å². The lowest BCUT2D eigenvalue weighted by molar-refractivity contribution is 0.476. The molecular formula is C10H19N3. The Morgan fingerprint density at radius 2 is 2.38 bits per heavy atom. The highest BCUT2D eigenvalue weighted by molar-refractivity contribution is 4.95. The van der Waals surface area contributed by atoms with Crippen molar-refractivity contribution in [3.05, 3.63) is 18.2 Å². The second-order valence-corrected chi connectivity index (χ2v) is 3.23. The van der Waals surface area contributed by atoms with Gasteiger partial charge in [-0.15, -0.1) is 0 Å². The monoisotopic (exact) mass is 181 g/mol. The summed E-state index contributed by atoms with van der Waals surface area (Å²) in [4.78, 5) is 7.43. The van der Waals surface area contributed by atoms with Crippen molar-refractivity contribution in [2.24, 2.45) is 0 Å². The first-order valence-electron chi connectivity index (χ1n) is 5.11. The van der Waals surface area contributed by atoms with Gasteiger partial charge in [0, 0.05) is 12.4 Å². The number of aromatic nitrogens is 2. The standard InChI is InChI=1S/C10H19N3/c1-3-5-6-9(11-4-2)10-12-7-8-13-10/h7-9,11H,3-6H2,1-2H3,(H,12,13). The molecule has 1 aromatic heterocycles. The number of nitrogens with one attached hydrogen (secondary N) is 2. The van der Waals surface area contributed by atoms with E-state index in [0.29, 0.717) is 6.04 Å². The number of nitrogens with zero attached hydrogens (tertiary/aromatic N) is 1. The summed E-state index contributed by atoms with van der Waals surface area (Å²) >= 11 is 0. The van der Waals surface area contributed by atoms with E-state index in [2.05, 4.69) is 29.1 Å². The molecule has 3 heteroatoms. The molecule has 3 nitrogen and oxygen atoms in total. The molecule has 0 amide bonds. The van der Waals surface area contributed by atoms with Gasteiger partial charge in [0.25, 0.3) is 0 Å². The minimum atomic E-state index is 0.403. The van der Waals surface area contributed by atoms with Crippen LogP contribution in [-0.4, -0.2) is 16.5 Å². The molecule has 0 aliphatic heterocycles. The molecule has 0 aliphatic carbocycles. The van der Waals surface area contributed by atoms with Crippen LogP contribution in [-0.2, 0) is 0 Å². The molecule has 1 rings (SSSR count). The molecule has 0 aromatic carbocycles. The Labute approximate surface area is 80.0 Å². The molecule has 0 aliphatic rings. The summed E-state index contributed by atoms with van der Waals surface area (Å²) in [7, 11) is 0. The molecule has 0 saturated heterocycles. The fourth-order valence-electron chi connectivity index (χ4n) is 1.46. The molecule has 0 radical (unpaired) electrons. The van der Waals surface area contributed by atoms with Crippen LogP contribution < -0.4 is 5.32 Å². The Balaban J connectivity index is 2.47. The van der Waals surface area contributed by atoms with Gasteiger partial charge in [-0.3, -0.25) is 0 Å². The van der Waals surface area contributed by atoms with Crippen LogP contribution in [0.25, 0.3) is 0 Å². The molecule has 1 aromatic rings. The largest absolute Gasteiger partial charge is 0.347 e.